The van der Waals surface area contributed by atoms with Gasteiger partial charge in [0.05, 0.1) is 11.8 Å². The van der Waals surface area contributed by atoms with Crippen LogP contribution in [0.25, 0.3) is 10.8 Å². The molecular formula is C27H18Cl2N2O2. The van der Waals surface area contributed by atoms with E-state index in [9.17, 15) is 4.79 Å². The summed E-state index contributed by atoms with van der Waals surface area (Å²) in [5, 5.41) is 10.2. The molecule has 0 fully saturated rings. The third kappa shape index (κ3) is 3.56. The molecule has 2 aliphatic heterocycles. The van der Waals surface area contributed by atoms with Crippen LogP contribution in [0.3, 0.4) is 0 Å². The molecule has 2 aliphatic rings. The van der Waals surface area contributed by atoms with Gasteiger partial charge in [-0.1, -0.05) is 59.6 Å². The van der Waals surface area contributed by atoms with Gasteiger partial charge in [-0.05, 0) is 64.9 Å². The molecule has 0 N–H and O–H groups in total. The van der Waals surface area contributed by atoms with Crippen LogP contribution in [0, 0.1) is 0 Å². The van der Waals surface area contributed by atoms with E-state index in [0.717, 1.165) is 22.2 Å². The number of hydrogen-bond donors (Lipinski definition) is 0. The Morgan fingerprint density at radius 3 is 2.45 bits per heavy atom. The number of nitrogens with zero attached hydrogens (tertiary/aromatic N) is 2. The van der Waals surface area contributed by atoms with E-state index in [0.29, 0.717) is 27.8 Å². The van der Waals surface area contributed by atoms with Gasteiger partial charge in [-0.25, -0.2) is 5.01 Å². The first-order chi connectivity index (χ1) is 16.1. The molecule has 4 nitrogen and oxygen atoms in total. The van der Waals surface area contributed by atoms with Gasteiger partial charge in [-0.3, -0.25) is 4.79 Å². The number of carbonyl (C=O) groups is 1. The molecule has 2 heterocycles. The third-order valence-corrected chi connectivity index (χ3v) is 6.67. The first kappa shape index (κ1) is 20.3. The maximum atomic E-state index is 13.4. The number of ketones is 1. The standard InChI is InChI=1S/C27H18Cl2N2O2/c28-20-9-7-17(8-10-20)26(32)27-31-24(22-14-21(29)11-12-25(22)33-27)15-23(30-31)19-6-5-16-3-1-2-4-18(16)13-19/h1-14,24,27H,15H2/t24-,27-/m1/s1. The molecule has 0 aliphatic carbocycles. The smallest absolute Gasteiger partial charge is 0.251 e. The Hall–Kier alpha value is -3.34. The molecule has 6 heteroatoms. The van der Waals surface area contributed by atoms with Crippen molar-refractivity contribution in [3.05, 3.63) is 112 Å². The molecule has 33 heavy (non-hydrogen) atoms. The Morgan fingerprint density at radius 1 is 0.879 bits per heavy atom. The van der Waals surface area contributed by atoms with Crippen LogP contribution in [0.15, 0.2) is 90.0 Å². The van der Waals surface area contributed by atoms with E-state index in [-0.39, 0.29) is 11.8 Å². The summed E-state index contributed by atoms with van der Waals surface area (Å²) in [6.07, 6.45) is -0.220. The highest BCUT2D eigenvalue weighted by atomic mass is 35.5. The lowest BCUT2D eigenvalue weighted by molar-refractivity contribution is -0.00455. The molecule has 4 aromatic carbocycles. The van der Waals surface area contributed by atoms with Gasteiger partial charge in [0.25, 0.3) is 6.23 Å². The Bertz CT molecular complexity index is 1430. The molecule has 2 atom stereocenters. The minimum Gasteiger partial charge on any atom is -0.461 e. The fourth-order valence-electron chi connectivity index (χ4n) is 4.53. The van der Waals surface area contributed by atoms with E-state index in [1.54, 1.807) is 35.3 Å². The fourth-order valence-corrected chi connectivity index (χ4v) is 4.84. The summed E-state index contributed by atoms with van der Waals surface area (Å²) >= 11 is 12.3. The van der Waals surface area contributed by atoms with Crippen LogP contribution < -0.4 is 4.74 Å². The van der Waals surface area contributed by atoms with Crippen molar-refractivity contribution in [3.8, 4) is 5.75 Å². The Labute approximate surface area is 201 Å². The highest BCUT2D eigenvalue weighted by Crippen LogP contribution is 2.44. The van der Waals surface area contributed by atoms with Crippen molar-refractivity contribution in [1.29, 1.82) is 0 Å². The van der Waals surface area contributed by atoms with E-state index >= 15 is 0 Å². The van der Waals surface area contributed by atoms with Gasteiger partial charge in [-0.15, -0.1) is 0 Å². The van der Waals surface area contributed by atoms with E-state index < -0.39 is 6.23 Å². The highest BCUT2D eigenvalue weighted by molar-refractivity contribution is 6.31. The first-order valence-electron chi connectivity index (χ1n) is 10.7. The first-order valence-corrected chi connectivity index (χ1v) is 11.4. The van der Waals surface area contributed by atoms with Crippen molar-refractivity contribution in [2.24, 2.45) is 5.10 Å². The lowest BCUT2D eigenvalue weighted by Gasteiger charge is -2.37. The van der Waals surface area contributed by atoms with Crippen LogP contribution in [0.1, 0.15) is 33.9 Å². The van der Waals surface area contributed by atoms with E-state index in [1.165, 1.54) is 5.39 Å². The summed E-state index contributed by atoms with van der Waals surface area (Å²) in [6.45, 7) is 0. The lowest BCUT2D eigenvalue weighted by Crippen LogP contribution is -2.45. The minimum atomic E-state index is -0.872. The summed E-state index contributed by atoms with van der Waals surface area (Å²) in [6, 6.07) is 26.7. The molecule has 0 spiro atoms. The zero-order valence-electron chi connectivity index (χ0n) is 17.4. The second-order valence-corrected chi connectivity index (χ2v) is 9.10. The normalized spacial score (nSPS) is 19.0. The van der Waals surface area contributed by atoms with Gasteiger partial charge in [0, 0.05) is 27.6 Å². The number of carbonyl (C=O) groups excluding carboxylic acids is 1. The molecule has 0 aromatic heterocycles. The lowest BCUT2D eigenvalue weighted by atomic mass is 9.95. The van der Waals surface area contributed by atoms with Crippen molar-refractivity contribution in [2.75, 3.05) is 0 Å². The van der Waals surface area contributed by atoms with Gasteiger partial charge in [0.2, 0.25) is 5.78 Å². The summed E-state index contributed by atoms with van der Waals surface area (Å²) in [4.78, 5) is 13.4. The second kappa shape index (κ2) is 7.91. The SMILES string of the molecule is O=C(c1ccc(Cl)cc1)[C@H]1Oc2ccc(Cl)cc2[C@H]2CC(c3ccc4ccccc4c3)=NN12. The zero-order chi connectivity index (χ0) is 22.5. The van der Waals surface area contributed by atoms with E-state index in [1.807, 2.05) is 24.3 Å². The van der Waals surface area contributed by atoms with Gasteiger partial charge in [0.1, 0.15) is 5.75 Å². The average molecular weight is 473 g/mol. The molecule has 0 bridgehead atoms. The molecule has 162 valence electrons. The summed E-state index contributed by atoms with van der Waals surface area (Å²) < 4.78 is 6.18. The minimum absolute atomic E-state index is 0.143. The molecule has 6 rings (SSSR count). The van der Waals surface area contributed by atoms with Crippen LogP contribution >= 0.6 is 23.2 Å². The van der Waals surface area contributed by atoms with Crippen LogP contribution in [0.4, 0.5) is 0 Å². The molecule has 0 amide bonds. The Morgan fingerprint density at radius 2 is 1.64 bits per heavy atom. The largest absolute Gasteiger partial charge is 0.461 e. The van der Waals surface area contributed by atoms with Crippen molar-refractivity contribution < 1.29 is 9.53 Å². The molecule has 0 unspecified atom stereocenters. The van der Waals surface area contributed by atoms with Gasteiger partial charge in [-0.2, -0.15) is 5.10 Å². The summed E-state index contributed by atoms with van der Waals surface area (Å²) in [5.41, 5.74) is 3.40. The second-order valence-electron chi connectivity index (χ2n) is 8.23. The Balaban J connectivity index is 1.43. The number of hydrogen-bond acceptors (Lipinski definition) is 4. The number of benzene rings is 4. The maximum absolute atomic E-state index is 13.4. The summed E-state index contributed by atoms with van der Waals surface area (Å²) in [5.74, 6) is 0.490. The van der Waals surface area contributed by atoms with Crippen LogP contribution in [-0.2, 0) is 0 Å². The number of fused-ring (bicyclic) bond motifs is 4. The van der Waals surface area contributed by atoms with Crippen LogP contribution in [0.5, 0.6) is 5.75 Å². The van der Waals surface area contributed by atoms with Crippen molar-refractivity contribution in [2.45, 2.75) is 18.7 Å². The monoisotopic (exact) mass is 472 g/mol. The topological polar surface area (TPSA) is 41.9 Å². The van der Waals surface area contributed by atoms with Gasteiger partial charge >= 0.3 is 0 Å². The fraction of sp³-hybridized carbons (Fsp3) is 0.111. The zero-order valence-corrected chi connectivity index (χ0v) is 18.9. The molecule has 0 radical (unpaired) electrons. The van der Waals surface area contributed by atoms with Crippen molar-refractivity contribution >= 4 is 45.5 Å². The molecule has 0 saturated heterocycles. The van der Waals surface area contributed by atoms with Crippen LogP contribution in [0.2, 0.25) is 10.0 Å². The number of halogens is 2. The van der Waals surface area contributed by atoms with Gasteiger partial charge in [0.15, 0.2) is 0 Å². The molecular weight excluding hydrogens is 455 g/mol. The quantitative estimate of drug-likeness (QED) is 0.304. The number of rotatable bonds is 3. The number of hydrazone groups is 1. The predicted molar refractivity (Wildman–Crippen MR) is 131 cm³/mol. The molecule has 4 aromatic rings. The number of Topliss-reactive ketones (excluding diaryl/α,β-unsaturated/α-hetero) is 1. The van der Waals surface area contributed by atoms with Crippen molar-refractivity contribution in [1.82, 2.24) is 5.01 Å². The van der Waals surface area contributed by atoms with Crippen molar-refractivity contribution in [3.63, 3.8) is 0 Å². The predicted octanol–water partition coefficient (Wildman–Crippen LogP) is 6.90. The Kier molecular flexibility index (Phi) is 4.86. The maximum Gasteiger partial charge on any atom is 0.251 e. The van der Waals surface area contributed by atoms with E-state index in [4.69, 9.17) is 33.0 Å². The van der Waals surface area contributed by atoms with Crippen LogP contribution in [-0.4, -0.2) is 22.7 Å². The third-order valence-electron chi connectivity index (χ3n) is 6.19. The summed E-state index contributed by atoms with van der Waals surface area (Å²) in [7, 11) is 0. The molecule has 0 saturated carbocycles. The number of ether oxygens (including phenoxy) is 1. The highest BCUT2D eigenvalue weighted by Gasteiger charge is 2.43. The average Bonchev–Trinajstić information content (AvgIpc) is 3.29. The van der Waals surface area contributed by atoms with E-state index in [2.05, 4.69) is 30.3 Å². The van der Waals surface area contributed by atoms with Gasteiger partial charge < -0.3 is 4.74 Å².